The fourth-order valence-corrected chi connectivity index (χ4v) is 1.85. The first kappa shape index (κ1) is 10.2. The van der Waals surface area contributed by atoms with Gasteiger partial charge in [-0.2, -0.15) is 13.8 Å². The third-order valence-corrected chi connectivity index (χ3v) is 4.80. The van der Waals surface area contributed by atoms with Crippen LogP contribution in [0.2, 0.25) is 0 Å². The highest BCUT2D eigenvalue weighted by Gasteiger charge is 2.06. The van der Waals surface area contributed by atoms with Crippen LogP contribution < -0.4 is 5.73 Å². The first-order valence-electron chi connectivity index (χ1n) is 3.58. The Bertz CT molecular complexity index is 134. The second-order valence-electron chi connectivity index (χ2n) is 2.91. The van der Waals surface area contributed by atoms with Gasteiger partial charge in [0.25, 0.3) is 0 Å². The minimum atomic E-state index is -1.94. The number of nitrogens with two attached hydrogens (primary N) is 1. The van der Waals surface area contributed by atoms with Gasteiger partial charge in [-0.3, -0.25) is 5.66 Å². The van der Waals surface area contributed by atoms with Crippen molar-refractivity contribution >= 4 is 7.14 Å². The molecular weight excluding hydrogens is 145 g/mol. The lowest BCUT2D eigenvalue weighted by atomic mass is 10.5. The van der Waals surface area contributed by atoms with Crippen molar-refractivity contribution < 1.29 is 4.57 Å². The molecule has 0 aliphatic heterocycles. The highest BCUT2D eigenvalue weighted by molar-refractivity contribution is 7.66. The molecule has 0 heterocycles. The number of rotatable bonds is 4. The first-order valence-corrected chi connectivity index (χ1v) is 5.92. The maximum Gasteiger partial charge on any atom is -0.00737 e. The van der Waals surface area contributed by atoms with Crippen molar-refractivity contribution in [2.24, 2.45) is 5.73 Å². The summed E-state index contributed by atoms with van der Waals surface area (Å²) in [6.07, 6.45) is 1.64. The van der Waals surface area contributed by atoms with Gasteiger partial charge >= 0.3 is 0 Å². The van der Waals surface area contributed by atoms with Crippen LogP contribution in [-0.4, -0.2) is 19.4 Å². The molecule has 0 amide bonds. The molecule has 0 aromatic carbocycles. The van der Waals surface area contributed by atoms with Crippen molar-refractivity contribution in [3.8, 4) is 0 Å². The van der Waals surface area contributed by atoms with Gasteiger partial charge in [0.2, 0.25) is 0 Å². The van der Waals surface area contributed by atoms with E-state index in [-0.39, 0.29) is 0 Å². The van der Waals surface area contributed by atoms with E-state index in [1.165, 1.54) is 0 Å². The average Bonchev–Trinajstić information content (AvgIpc) is 1.84. The Hall–Kier alpha value is 0.190. The van der Waals surface area contributed by atoms with Crippen molar-refractivity contribution in [2.45, 2.75) is 20.3 Å². The second-order valence-corrected chi connectivity index (χ2v) is 6.46. The van der Waals surface area contributed by atoms with Crippen molar-refractivity contribution in [3.05, 3.63) is 5.66 Å². The Morgan fingerprint density at radius 2 is 2.00 bits per heavy atom. The van der Waals surface area contributed by atoms with Crippen LogP contribution in [0.4, 0.5) is 0 Å². The van der Waals surface area contributed by atoms with Crippen LogP contribution >= 0.6 is 7.14 Å². The molecule has 2 N–H and O–H groups in total. The van der Waals surface area contributed by atoms with E-state index in [0.717, 1.165) is 18.2 Å². The molecule has 62 valence electrons. The zero-order valence-corrected chi connectivity index (χ0v) is 7.95. The van der Waals surface area contributed by atoms with Gasteiger partial charge in [-0.05, 0) is 32.9 Å². The lowest BCUT2D eigenvalue weighted by molar-refractivity contribution is 0.577. The smallest absolute Gasteiger partial charge is 0.00737 e. The maximum atomic E-state index is 11.6. The summed E-state index contributed by atoms with van der Waals surface area (Å²) >= 11 is 0. The molecule has 0 aliphatic carbocycles. The molecule has 0 aliphatic rings. The van der Waals surface area contributed by atoms with E-state index in [9.17, 15) is 4.57 Å². The van der Waals surface area contributed by atoms with Gasteiger partial charge in [-0.15, -0.1) is 0 Å². The SMILES string of the molecule is C[C-](C)P(C)(=O)CCCN. The molecule has 3 heteroatoms. The largest absolute Gasteiger partial charge is 0.357 e. The van der Waals surface area contributed by atoms with Gasteiger partial charge in [0, 0.05) is 0 Å². The Morgan fingerprint density at radius 1 is 1.50 bits per heavy atom. The van der Waals surface area contributed by atoms with E-state index in [4.69, 9.17) is 5.73 Å². The van der Waals surface area contributed by atoms with Crippen LogP contribution in [0.5, 0.6) is 0 Å². The zero-order valence-electron chi connectivity index (χ0n) is 7.05. The third kappa shape index (κ3) is 3.38. The van der Waals surface area contributed by atoms with Crippen molar-refractivity contribution in [2.75, 3.05) is 19.4 Å². The highest BCUT2D eigenvalue weighted by atomic mass is 31.2. The van der Waals surface area contributed by atoms with Gasteiger partial charge in [0.05, 0.1) is 0 Å². The molecule has 0 aromatic rings. The lowest BCUT2D eigenvalue weighted by Gasteiger charge is -2.28. The Balaban J connectivity index is 3.76. The fourth-order valence-electron chi connectivity index (χ4n) is 0.617. The summed E-state index contributed by atoms with van der Waals surface area (Å²) in [7, 11) is -1.94. The number of hydrogen-bond acceptors (Lipinski definition) is 2. The number of hydrogen-bond donors (Lipinski definition) is 1. The van der Waals surface area contributed by atoms with Gasteiger partial charge in [0.1, 0.15) is 0 Å². The molecule has 2 nitrogen and oxygen atoms in total. The summed E-state index contributed by atoms with van der Waals surface area (Å²) in [6, 6.07) is 0. The van der Waals surface area contributed by atoms with E-state index in [1.807, 2.05) is 20.5 Å². The second kappa shape index (κ2) is 4.15. The summed E-state index contributed by atoms with van der Waals surface area (Å²) in [6.45, 7) is 6.33. The van der Waals surface area contributed by atoms with Gasteiger partial charge in [-0.1, -0.05) is 0 Å². The summed E-state index contributed by atoms with van der Waals surface area (Å²) < 4.78 is 11.6. The molecule has 0 saturated heterocycles. The standard InChI is InChI=1S/C7H17NOP/c1-7(2)10(3,9)6-4-5-8/h4-6,8H2,1-3H3/q-1. The summed E-state index contributed by atoms with van der Waals surface area (Å²) in [5, 5.41) is 0. The van der Waals surface area contributed by atoms with Crippen LogP contribution in [-0.2, 0) is 4.57 Å². The predicted octanol–water partition coefficient (Wildman–Crippen LogP) is 1.90. The zero-order chi connectivity index (χ0) is 8.20. The van der Waals surface area contributed by atoms with E-state index in [1.54, 1.807) is 0 Å². The molecule has 0 radical (unpaired) electrons. The molecule has 0 rings (SSSR count). The minimum Gasteiger partial charge on any atom is -0.357 e. The molecule has 0 fully saturated rings. The highest BCUT2D eigenvalue weighted by Crippen LogP contribution is 2.51. The van der Waals surface area contributed by atoms with Crippen LogP contribution in [0.1, 0.15) is 20.3 Å². The summed E-state index contributed by atoms with van der Waals surface area (Å²) in [5.74, 6) is 0. The molecule has 1 unspecified atom stereocenters. The van der Waals surface area contributed by atoms with Crippen LogP contribution in [0.15, 0.2) is 0 Å². The monoisotopic (exact) mass is 162 g/mol. The van der Waals surface area contributed by atoms with Crippen LogP contribution in [0.3, 0.4) is 0 Å². The van der Waals surface area contributed by atoms with Gasteiger partial charge < -0.3 is 10.3 Å². The van der Waals surface area contributed by atoms with Crippen LogP contribution in [0.25, 0.3) is 0 Å². The topological polar surface area (TPSA) is 43.1 Å². The first-order chi connectivity index (χ1) is 4.50. The Morgan fingerprint density at radius 3 is 2.30 bits per heavy atom. The van der Waals surface area contributed by atoms with Crippen molar-refractivity contribution in [1.82, 2.24) is 0 Å². The quantitative estimate of drug-likeness (QED) is 0.506. The Labute approximate surface area is 63.6 Å². The summed E-state index contributed by atoms with van der Waals surface area (Å²) in [4.78, 5) is 0. The molecule has 0 saturated carbocycles. The van der Waals surface area contributed by atoms with E-state index in [0.29, 0.717) is 6.54 Å². The van der Waals surface area contributed by atoms with E-state index in [2.05, 4.69) is 0 Å². The van der Waals surface area contributed by atoms with Gasteiger partial charge in [0.15, 0.2) is 0 Å². The predicted molar refractivity (Wildman–Crippen MR) is 46.7 cm³/mol. The van der Waals surface area contributed by atoms with E-state index < -0.39 is 7.14 Å². The van der Waals surface area contributed by atoms with E-state index >= 15 is 0 Å². The summed E-state index contributed by atoms with van der Waals surface area (Å²) in [5.41, 5.74) is 6.36. The van der Waals surface area contributed by atoms with Crippen LogP contribution in [0, 0.1) is 5.66 Å². The minimum absolute atomic E-state index is 0.644. The molecule has 10 heavy (non-hydrogen) atoms. The van der Waals surface area contributed by atoms with Crippen molar-refractivity contribution in [3.63, 3.8) is 0 Å². The molecule has 0 spiro atoms. The lowest BCUT2D eigenvalue weighted by Crippen LogP contribution is -2.03. The average molecular weight is 162 g/mol. The molecule has 0 bridgehead atoms. The molecule has 1 atom stereocenters. The van der Waals surface area contributed by atoms with Crippen molar-refractivity contribution in [1.29, 1.82) is 0 Å². The Kier molecular flexibility index (Phi) is 4.23. The molecular formula is C7H17NOP-. The molecule has 0 aromatic heterocycles. The normalized spacial score (nSPS) is 17.3. The van der Waals surface area contributed by atoms with Gasteiger partial charge in [-0.25, -0.2) is 0 Å². The third-order valence-electron chi connectivity index (χ3n) is 1.73. The maximum absolute atomic E-state index is 11.6. The fraction of sp³-hybridized carbons (Fsp3) is 0.857.